The zero-order chi connectivity index (χ0) is 14.1. The molecule has 1 saturated heterocycles. The Balaban J connectivity index is 1.69. The Morgan fingerprint density at radius 3 is 2.30 bits per heavy atom. The maximum atomic E-state index is 5.72. The summed E-state index contributed by atoms with van der Waals surface area (Å²) in [5.74, 6) is 1.27. The van der Waals surface area contributed by atoms with Gasteiger partial charge in [0.1, 0.15) is 5.82 Å². The standard InChI is InChI=1S/C13H18N6S/c1-9-7-11(17-12(14)15-9)18-3-5-19(6-4-18)13-16-10(2)8-20-13/h7-8H,3-6H2,1-2H3,(H2,14,15,17). The Bertz CT molecular complexity index is 582. The molecule has 3 heterocycles. The van der Waals surface area contributed by atoms with Crippen molar-refractivity contribution in [1.29, 1.82) is 0 Å². The van der Waals surface area contributed by atoms with Crippen molar-refractivity contribution in [3.05, 3.63) is 22.8 Å². The van der Waals surface area contributed by atoms with E-state index in [1.165, 1.54) is 0 Å². The second kappa shape index (κ2) is 5.24. The number of rotatable bonds is 2. The normalized spacial score (nSPS) is 15.7. The van der Waals surface area contributed by atoms with Crippen LogP contribution in [0.15, 0.2) is 11.4 Å². The Kier molecular flexibility index (Phi) is 3.43. The molecular weight excluding hydrogens is 272 g/mol. The van der Waals surface area contributed by atoms with Crippen LogP contribution in [0, 0.1) is 13.8 Å². The molecule has 2 N–H and O–H groups in total. The molecule has 1 aliphatic rings. The van der Waals surface area contributed by atoms with Gasteiger partial charge in [-0.15, -0.1) is 11.3 Å². The smallest absolute Gasteiger partial charge is 0.222 e. The molecule has 7 heteroatoms. The highest BCUT2D eigenvalue weighted by Crippen LogP contribution is 2.23. The maximum absolute atomic E-state index is 5.72. The lowest BCUT2D eigenvalue weighted by atomic mass is 10.3. The van der Waals surface area contributed by atoms with E-state index in [9.17, 15) is 0 Å². The van der Waals surface area contributed by atoms with Crippen LogP contribution >= 0.6 is 11.3 Å². The molecule has 2 aromatic rings. The maximum Gasteiger partial charge on any atom is 0.222 e. The van der Waals surface area contributed by atoms with E-state index in [0.29, 0.717) is 5.95 Å². The molecule has 0 saturated carbocycles. The SMILES string of the molecule is Cc1cc(N2CCN(c3nc(C)cs3)CC2)nc(N)n1. The number of nitrogens with two attached hydrogens (primary N) is 1. The van der Waals surface area contributed by atoms with Crippen molar-refractivity contribution in [3.8, 4) is 0 Å². The number of thiazole rings is 1. The summed E-state index contributed by atoms with van der Waals surface area (Å²) in [6.45, 7) is 7.73. The number of nitrogens with zero attached hydrogens (tertiary/aromatic N) is 5. The first kappa shape index (κ1) is 13.1. The number of aryl methyl sites for hydroxylation is 2. The van der Waals surface area contributed by atoms with Crippen LogP contribution < -0.4 is 15.5 Å². The van der Waals surface area contributed by atoms with Crippen molar-refractivity contribution in [2.75, 3.05) is 41.7 Å². The number of hydrogen-bond donors (Lipinski definition) is 1. The van der Waals surface area contributed by atoms with Crippen molar-refractivity contribution in [1.82, 2.24) is 15.0 Å². The Labute approximate surface area is 122 Å². The Hall–Kier alpha value is -1.89. The largest absolute Gasteiger partial charge is 0.368 e. The molecule has 0 spiro atoms. The van der Waals surface area contributed by atoms with Crippen LogP contribution in [0.25, 0.3) is 0 Å². The second-order valence-corrected chi connectivity index (χ2v) is 5.81. The molecule has 106 valence electrons. The van der Waals surface area contributed by atoms with E-state index in [1.807, 2.05) is 19.9 Å². The third-order valence-electron chi connectivity index (χ3n) is 3.34. The van der Waals surface area contributed by atoms with E-state index in [-0.39, 0.29) is 0 Å². The lowest BCUT2D eigenvalue weighted by Gasteiger charge is -2.35. The van der Waals surface area contributed by atoms with Gasteiger partial charge in [0.15, 0.2) is 5.13 Å². The van der Waals surface area contributed by atoms with Gasteiger partial charge in [0.05, 0.1) is 5.69 Å². The topological polar surface area (TPSA) is 71.2 Å². The fraction of sp³-hybridized carbons (Fsp3) is 0.462. The third kappa shape index (κ3) is 2.67. The molecule has 0 amide bonds. The van der Waals surface area contributed by atoms with Crippen LogP contribution in [-0.2, 0) is 0 Å². The highest BCUT2D eigenvalue weighted by Gasteiger charge is 2.20. The van der Waals surface area contributed by atoms with E-state index in [0.717, 1.165) is 48.5 Å². The molecule has 6 nitrogen and oxygen atoms in total. The second-order valence-electron chi connectivity index (χ2n) is 4.97. The van der Waals surface area contributed by atoms with Crippen LogP contribution in [0.4, 0.5) is 16.9 Å². The van der Waals surface area contributed by atoms with E-state index in [2.05, 4.69) is 30.1 Å². The van der Waals surface area contributed by atoms with Gasteiger partial charge < -0.3 is 15.5 Å². The zero-order valence-electron chi connectivity index (χ0n) is 11.7. The Morgan fingerprint density at radius 1 is 1.00 bits per heavy atom. The van der Waals surface area contributed by atoms with Gasteiger partial charge in [-0.25, -0.2) is 9.97 Å². The average molecular weight is 290 g/mol. The highest BCUT2D eigenvalue weighted by molar-refractivity contribution is 7.13. The first-order valence-electron chi connectivity index (χ1n) is 6.65. The summed E-state index contributed by atoms with van der Waals surface area (Å²) in [6, 6.07) is 1.99. The first-order valence-corrected chi connectivity index (χ1v) is 7.53. The molecule has 0 bridgehead atoms. The van der Waals surface area contributed by atoms with Crippen molar-refractivity contribution in [2.24, 2.45) is 0 Å². The number of anilines is 3. The summed E-state index contributed by atoms with van der Waals surface area (Å²) in [4.78, 5) is 17.6. The fourth-order valence-corrected chi connectivity index (χ4v) is 3.21. The van der Waals surface area contributed by atoms with Gasteiger partial charge in [-0.05, 0) is 13.8 Å². The summed E-state index contributed by atoms with van der Waals surface area (Å²) >= 11 is 1.71. The number of hydrogen-bond acceptors (Lipinski definition) is 7. The van der Waals surface area contributed by atoms with E-state index in [4.69, 9.17) is 5.73 Å². The summed E-state index contributed by atoms with van der Waals surface area (Å²) in [5, 5.41) is 3.21. The molecule has 0 radical (unpaired) electrons. The van der Waals surface area contributed by atoms with E-state index in [1.54, 1.807) is 11.3 Å². The van der Waals surface area contributed by atoms with E-state index < -0.39 is 0 Å². The molecule has 3 rings (SSSR count). The van der Waals surface area contributed by atoms with Gasteiger partial charge in [0.25, 0.3) is 0 Å². The number of nitrogen functional groups attached to an aromatic ring is 1. The first-order chi connectivity index (χ1) is 9.61. The van der Waals surface area contributed by atoms with Gasteiger partial charge in [-0.2, -0.15) is 4.98 Å². The fourth-order valence-electron chi connectivity index (χ4n) is 2.35. The predicted molar refractivity (Wildman–Crippen MR) is 82.5 cm³/mol. The van der Waals surface area contributed by atoms with Crippen molar-refractivity contribution in [2.45, 2.75) is 13.8 Å². The minimum absolute atomic E-state index is 0.345. The van der Waals surface area contributed by atoms with Gasteiger partial charge >= 0.3 is 0 Å². The highest BCUT2D eigenvalue weighted by atomic mass is 32.1. The molecule has 2 aromatic heterocycles. The lowest BCUT2D eigenvalue weighted by molar-refractivity contribution is 0.645. The van der Waals surface area contributed by atoms with Crippen LogP contribution in [-0.4, -0.2) is 41.1 Å². The van der Waals surface area contributed by atoms with Gasteiger partial charge in [0, 0.05) is 43.3 Å². The van der Waals surface area contributed by atoms with Gasteiger partial charge in [-0.1, -0.05) is 0 Å². The van der Waals surface area contributed by atoms with Crippen molar-refractivity contribution >= 4 is 28.2 Å². The molecular formula is C13H18N6S. The van der Waals surface area contributed by atoms with Crippen LogP contribution in [0.3, 0.4) is 0 Å². The quantitative estimate of drug-likeness (QED) is 0.903. The van der Waals surface area contributed by atoms with Gasteiger partial charge in [-0.3, -0.25) is 0 Å². The molecule has 1 aliphatic heterocycles. The zero-order valence-corrected chi connectivity index (χ0v) is 12.5. The van der Waals surface area contributed by atoms with Crippen LogP contribution in [0.2, 0.25) is 0 Å². The van der Waals surface area contributed by atoms with Crippen LogP contribution in [0.5, 0.6) is 0 Å². The average Bonchev–Trinajstić information content (AvgIpc) is 2.84. The third-order valence-corrected chi connectivity index (χ3v) is 4.36. The molecule has 0 unspecified atom stereocenters. The van der Waals surface area contributed by atoms with Crippen LogP contribution in [0.1, 0.15) is 11.4 Å². The molecule has 20 heavy (non-hydrogen) atoms. The van der Waals surface area contributed by atoms with Gasteiger partial charge in [0.2, 0.25) is 5.95 Å². The number of piperazine rings is 1. The minimum atomic E-state index is 0.345. The van der Waals surface area contributed by atoms with E-state index >= 15 is 0 Å². The predicted octanol–water partition coefficient (Wildman–Crippen LogP) is 1.46. The summed E-state index contributed by atoms with van der Waals surface area (Å²) in [7, 11) is 0. The summed E-state index contributed by atoms with van der Waals surface area (Å²) in [6.07, 6.45) is 0. The Morgan fingerprint density at radius 2 is 1.70 bits per heavy atom. The number of aromatic nitrogens is 3. The molecule has 0 aliphatic carbocycles. The van der Waals surface area contributed by atoms with Crippen molar-refractivity contribution < 1.29 is 0 Å². The molecule has 0 atom stereocenters. The molecule has 0 aromatic carbocycles. The monoisotopic (exact) mass is 290 g/mol. The molecule has 1 fully saturated rings. The lowest BCUT2D eigenvalue weighted by Crippen LogP contribution is -2.46. The summed E-state index contributed by atoms with van der Waals surface area (Å²) < 4.78 is 0. The summed E-state index contributed by atoms with van der Waals surface area (Å²) in [5.41, 5.74) is 7.72. The minimum Gasteiger partial charge on any atom is -0.368 e. The van der Waals surface area contributed by atoms with Crippen molar-refractivity contribution in [3.63, 3.8) is 0 Å².